The van der Waals surface area contributed by atoms with Gasteiger partial charge in [0.2, 0.25) is 5.91 Å². The molecule has 6 nitrogen and oxygen atoms in total. The summed E-state index contributed by atoms with van der Waals surface area (Å²) >= 11 is 0. The Morgan fingerprint density at radius 1 is 1.50 bits per heavy atom. The SMILES string of the molecule is CN(C(=O)/C=C/c1cnn(C)c1)[C@@H]1CCC[C@@H](O)[C@@H]1O. The first-order valence-electron chi connectivity index (χ1n) is 6.78. The summed E-state index contributed by atoms with van der Waals surface area (Å²) in [6.45, 7) is 0. The molecule has 0 aromatic carbocycles. The maximum atomic E-state index is 12.1. The molecule has 3 atom stereocenters. The number of hydrogen-bond acceptors (Lipinski definition) is 4. The highest BCUT2D eigenvalue weighted by Crippen LogP contribution is 2.23. The van der Waals surface area contributed by atoms with E-state index in [1.807, 2.05) is 13.2 Å². The van der Waals surface area contributed by atoms with Crippen molar-refractivity contribution in [1.82, 2.24) is 14.7 Å². The van der Waals surface area contributed by atoms with Gasteiger partial charge in [-0.25, -0.2) is 0 Å². The number of aryl methyl sites for hydroxylation is 1. The molecule has 1 fully saturated rings. The summed E-state index contributed by atoms with van der Waals surface area (Å²) in [6, 6.07) is -0.329. The fourth-order valence-corrected chi connectivity index (χ4v) is 2.53. The van der Waals surface area contributed by atoms with Crippen LogP contribution in [0.4, 0.5) is 0 Å². The zero-order chi connectivity index (χ0) is 14.7. The number of nitrogens with zero attached hydrogens (tertiary/aromatic N) is 3. The molecule has 0 spiro atoms. The molecule has 6 heteroatoms. The Bertz CT molecular complexity index is 498. The molecule has 1 aromatic heterocycles. The third-order valence-electron chi connectivity index (χ3n) is 3.78. The molecule has 110 valence electrons. The molecule has 0 unspecified atom stereocenters. The lowest BCUT2D eigenvalue weighted by Gasteiger charge is -2.37. The van der Waals surface area contributed by atoms with Crippen LogP contribution in [0.2, 0.25) is 0 Å². The lowest BCUT2D eigenvalue weighted by atomic mass is 9.89. The van der Waals surface area contributed by atoms with E-state index in [0.29, 0.717) is 12.8 Å². The summed E-state index contributed by atoms with van der Waals surface area (Å²) in [7, 11) is 3.47. The molecule has 1 saturated carbocycles. The van der Waals surface area contributed by atoms with Gasteiger partial charge in [-0.3, -0.25) is 9.48 Å². The maximum Gasteiger partial charge on any atom is 0.246 e. The number of likely N-dealkylation sites (N-methyl/N-ethyl adjacent to an activating group) is 1. The van der Waals surface area contributed by atoms with Crippen LogP contribution in [0.3, 0.4) is 0 Å². The van der Waals surface area contributed by atoms with Crippen molar-refractivity contribution in [3.05, 3.63) is 24.0 Å². The molecular formula is C14H21N3O3. The standard InChI is InChI=1S/C14H21N3O3/c1-16-9-10(8-15-16)6-7-13(19)17(2)11-4-3-5-12(18)14(11)20/h6-9,11-12,14,18,20H,3-5H2,1-2H3/b7-6+/t11-,12-,14-/m1/s1. The first-order valence-corrected chi connectivity index (χ1v) is 6.78. The molecule has 0 saturated heterocycles. The molecule has 1 aliphatic rings. The molecular weight excluding hydrogens is 258 g/mol. The fraction of sp³-hybridized carbons (Fsp3) is 0.571. The second-order valence-electron chi connectivity index (χ2n) is 5.29. The molecule has 1 aliphatic carbocycles. The number of carbonyl (C=O) groups excluding carboxylic acids is 1. The molecule has 2 N–H and O–H groups in total. The Morgan fingerprint density at radius 2 is 2.25 bits per heavy atom. The largest absolute Gasteiger partial charge is 0.390 e. The Labute approximate surface area is 118 Å². The monoisotopic (exact) mass is 279 g/mol. The van der Waals surface area contributed by atoms with E-state index in [1.54, 1.807) is 24.0 Å². The molecule has 1 aromatic rings. The van der Waals surface area contributed by atoms with Crippen LogP contribution in [0.25, 0.3) is 6.08 Å². The van der Waals surface area contributed by atoms with Gasteiger partial charge in [-0.1, -0.05) is 0 Å². The number of amides is 1. The molecule has 0 bridgehead atoms. The minimum atomic E-state index is -0.871. The third-order valence-corrected chi connectivity index (χ3v) is 3.78. The number of aliphatic hydroxyl groups excluding tert-OH is 2. The van der Waals surface area contributed by atoms with E-state index in [0.717, 1.165) is 12.0 Å². The van der Waals surface area contributed by atoms with Crippen LogP contribution < -0.4 is 0 Å². The molecule has 1 amide bonds. The average Bonchev–Trinajstić information content (AvgIpc) is 2.84. The van der Waals surface area contributed by atoms with Crippen molar-refractivity contribution in [3.63, 3.8) is 0 Å². The minimum Gasteiger partial charge on any atom is -0.390 e. The van der Waals surface area contributed by atoms with E-state index in [-0.39, 0.29) is 11.9 Å². The highest BCUT2D eigenvalue weighted by molar-refractivity contribution is 5.91. The normalized spacial score (nSPS) is 26.9. The number of aliphatic hydroxyl groups is 2. The van der Waals surface area contributed by atoms with Gasteiger partial charge in [-0.05, 0) is 25.3 Å². The van der Waals surface area contributed by atoms with Crippen molar-refractivity contribution in [1.29, 1.82) is 0 Å². The van der Waals surface area contributed by atoms with Crippen LogP contribution in [0.1, 0.15) is 24.8 Å². The Kier molecular flexibility index (Phi) is 4.57. The Morgan fingerprint density at radius 3 is 2.90 bits per heavy atom. The number of carbonyl (C=O) groups is 1. The van der Waals surface area contributed by atoms with Crippen molar-refractivity contribution in [3.8, 4) is 0 Å². The van der Waals surface area contributed by atoms with Gasteiger partial charge in [0.05, 0.1) is 18.3 Å². The van der Waals surface area contributed by atoms with E-state index < -0.39 is 12.2 Å². The van der Waals surface area contributed by atoms with E-state index in [1.165, 1.54) is 11.0 Å². The highest BCUT2D eigenvalue weighted by Gasteiger charge is 2.34. The van der Waals surface area contributed by atoms with Crippen molar-refractivity contribution in [2.24, 2.45) is 7.05 Å². The lowest BCUT2D eigenvalue weighted by molar-refractivity contribution is -0.133. The lowest BCUT2D eigenvalue weighted by Crippen LogP contribution is -2.51. The fourth-order valence-electron chi connectivity index (χ4n) is 2.53. The van der Waals surface area contributed by atoms with E-state index in [4.69, 9.17) is 0 Å². The quantitative estimate of drug-likeness (QED) is 0.773. The number of rotatable bonds is 3. The van der Waals surface area contributed by atoms with Crippen LogP contribution in [-0.4, -0.2) is 56.1 Å². The first kappa shape index (κ1) is 14.7. The van der Waals surface area contributed by atoms with Gasteiger partial charge < -0.3 is 15.1 Å². The van der Waals surface area contributed by atoms with Gasteiger partial charge in [-0.15, -0.1) is 0 Å². The molecule has 20 heavy (non-hydrogen) atoms. The average molecular weight is 279 g/mol. The van der Waals surface area contributed by atoms with Crippen LogP contribution in [0.15, 0.2) is 18.5 Å². The maximum absolute atomic E-state index is 12.1. The molecule has 2 rings (SSSR count). The van der Waals surface area contributed by atoms with Crippen LogP contribution >= 0.6 is 0 Å². The zero-order valence-corrected chi connectivity index (χ0v) is 11.8. The Balaban J connectivity index is 1.99. The van der Waals surface area contributed by atoms with Crippen LogP contribution in [0.5, 0.6) is 0 Å². The van der Waals surface area contributed by atoms with Gasteiger partial charge in [-0.2, -0.15) is 5.10 Å². The predicted octanol–water partition coefficient (Wildman–Crippen LogP) is 0.166. The van der Waals surface area contributed by atoms with Crippen LogP contribution in [-0.2, 0) is 11.8 Å². The van der Waals surface area contributed by atoms with Crippen molar-refractivity contribution >= 4 is 12.0 Å². The summed E-state index contributed by atoms with van der Waals surface area (Å²) in [5, 5.41) is 23.7. The van der Waals surface area contributed by atoms with Gasteiger partial charge in [0.1, 0.15) is 6.10 Å². The van der Waals surface area contributed by atoms with Gasteiger partial charge in [0, 0.05) is 31.9 Å². The summed E-state index contributed by atoms with van der Waals surface area (Å²) in [5.41, 5.74) is 0.846. The summed E-state index contributed by atoms with van der Waals surface area (Å²) in [4.78, 5) is 13.6. The van der Waals surface area contributed by atoms with Crippen molar-refractivity contribution < 1.29 is 15.0 Å². The first-order chi connectivity index (χ1) is 9.49. The smallest absolute Gasteiger partial charge is 0.246 e. The summed E-state index contributed by atoms with van der Waals surface area (Å²) in [5.74, 6) is -0.188. The molecule has 0 aliphatic heterocycles. The number of hydrogen-bond donors (Lipinski definition) is 2. The highest BCUT2D eigenvalue weighted by atomic mass is 16.3. The molecule has 0 radical (unpaired) electrons. The van der Waals surface area contributed by atoms with Crippen molar-refractivity contribution in [2.75, 3.05) is 7.05 Å². The molecule has 1 heterocycles. The Hall–Kier alpha value is -1.66. The van der Waals surface area contributed by atoms with E-state index in [2.05, 4.69) is 5.10 Å². The second kappa shape index (κ2) is 6.19. The summed E-state index contributed by atoms with van der Waals surface area (Å²) in [6.07, 6.45) is 7.13. The van der Waals surface area contributed by atoms with Gasteiger partial charge in [0.15, 0.2) is 0 Å². The van der Waals surface area contributed by atoms with Crippen molar-refractivity contribution in [2.45, 2.75) is 37.5 Å². The minimum absolute atomic E-state index is 0.188. The topological polar surface area (TPSA) is 78.6 Å². The van der Waals surface area contributed by atoms with E-state index in [9.17, 15) is 15.0 Å². The van der Waals surface area contributed by atoms with Gasteiger partial charge >= 0.3 is 0 Å². The third kappa shape index (κ3) is 3.26. The summed E-state index contributed by atoms with van der Waals surface area (Å²) < 4.78 is 1.66. The van der Waals surface area contributed by atoms with Crippen LogP contribution in [0, 0.1) is 0 Å². The number of aromatic nitrogens is 2. The second-order valence-corrected chi connectivity index (χ2v) is 5.29. The predicted molar refractivity (Wildman–Crippen MR) is 74.7 cm³/mol. The zero-order valence-electron chi connectivity index (χ0n) is 11.8. The van der Waals surface area contributed by atoms with E-state index >= 15 is 0 Å². The van der Waals surface area contributed by atoms with Gasteiger partial charge in [0.25, 0.3) is 0 Å².